The molecule has 13 heteroatoms. The van der Waals surface area contributed by atoms with Crippen molar-refractivity contribution in [2.45, 2.75) is 12.8 Å². The Morgan fingerprint density at radius 2 is 1.44 bits per heavy atom. The first kappa shape index (κ1) is 34.8. The molecule has 0 saturated carbocycles. The number of rotatable bonds is 6. The highest BCUT2D eigenvalue weighted by Gasteiger charge is 2.40. The third-order valence-electron chi connectivity index (χ3n) is 10.3. The second kappa shape index (κ2) is 14.0. The lowest BCUT2D eigenvalue weighted by molar-refractivity contribution is -0.186. The van der Waals surface area contributed by atoms with Crippen molar-refractivity contribution in [3.8, 4) is 0 Å². The standard InChI is InChI=1S/C42H42N10O2Si/c1-49(2)22-24-54-42-51-39(46-36-27-15-7-5-13-25(27)34(44-36)33(50(3)4)21-23-53-42)31-19-11-12-20-32(31)40(51)47-37-28-16-8-9-17-29(28)38(45-37)48-41-30-18-10-6-14-26(30)35(43)52(41)55/h5-20,42H,21-24,43H2,1-4,55H3/b34-33+,46-39?,47-40?,48-38?/t42-/m0/s1. The molecule has 4 aromatic carbocycles. The summed E-state index contributed by atoms with van der Waals surface area (Å²) < 4.78 is 15.4. The molecule has 0 radical (unpaired) electrons. The predicted molar refractivity (Wildman–Crippen MR) is 225 cm³/mol. The number of likely N-dealkylation sites (N-methyl/N-ethyl adjacent to an activating group) is 1. The second-order valence-corrected chi connectivity index (χ2v) is 15.2. The fraction of sp³-hybridized carbons (Fsp3) is 0.214. The minimum absolute atomic E-state index is 0.377. The van der Waals surface area contributed by atoms with Crippen LogP contribution in [0.1, 0.15) is 39.8 Å². The third-order valence-corrected chi connectivity index (χ3v) is 11.2. The quantitative estimate of drug-likeness (QED) is 0.252. The SMILES string of the molecule is CN(C)CCO[C@@H]1OCC/C(N(C)C)=C2\N=C(N=C3c4ccccc4C(=NC4=NC(=Nc5c6ccccc6c(N)n5[SiH3])c5ccccc54)N31)c1ccccc12. The minimum Gasteiger partial charge on any atom is -0.385 e. The molecule has 12 nitrogen and oxygen atoms in total. The number of ether oxygens (including phenoxy) is 2. The Hall–Kier alpha value is -5.99. The van der Waals surface area contributed by atoms with Crippen LogP contribution in [0.2, 0.25) is 0 Å². The molecule has 55 heavy (non-hydrogen) atoms. The molecular formula is C42H42N10O2Si. The van der Waals surface area contributed by atoms with E-state index in [2.05, 4.69) is 40.1 Å². The van der Waals surface area contributed by atoms with Gasteiger partial charge in [-0.1, -0.05) is 97.1 Å². The average Bonchev–Trinajstić information content (AvgIpc) is 3.88. The van der Waals surface area contributed by atoms with E-state index in [0.717, 1.165) is 61.4 Å². The summed E-state index contributed by atoms with van der Waals surface area (Å²) >= 11 is 0. The van der Waals surface area contributed by atoms with E-state index in [4.69, 9.17) is 40.2 Å². The van der Waals surface area contributed by atoms with Gasteiger partial charge in [0, 0.05) is 76.9 Å². The smallest absolute Gasteiger partial charge is 0.247 e. The van der Waals surface area contributed by atoms with E-state index in [1.54, 1.807) is 0 Å². The Morgan fingerprint density at radius 3 is 2.18 bits per heavy atom. The molecule has 0 spiro atoms. The monoisotopic (exact) mass is 746 g/mol. The van der Waals surface area contributed by atoms with Gasteiger partial charge in [0.1, 0.15) is 33.7 Å². The van der Waals surface area contributed by atoms with E-state index in [9.17, 15) is 0 Å². The van der Waals surface area contributed by atoms with Gasteiger partial charge >= 0.3 is 0 Å². The van der Waals surface area contributed by atoms with Crippen molar-refractivity contribution in [1.82, 2.24) is 18.9 Å². The zero-order chi connectivity index (χ0) is 37.8. The lowest BCUT2D eigenvalue weighted by Crippen LogP contribution is -2.45. The number of hydrogen-bond acceptors (Lipinski definition) is 9. The van der Waals surface area contributed by atoms with Gasteiger partial charge in [0.05, 0.1) is 18.9 Å². The molecule has 276 valence electrons. The van der Waals surface area contributed by atoms with E-state index in [-0.39, 0.29) is 0 Å². The molecule has 1 atom stereocenters. The largest absolute Gasteiger partial charge is 0.385 e. The summed E-state index contributed by atoms with van der Waals surface area (Å²) in [7, 11) is 8.81. The average molecular weight is 747 g/mol. The van der Waals surface area contributed by atoms with Crippen LogP contribution >= 0.6 is 0 Å². The van der Waals surface area contributed by atoms with Gasteiger partial charge in [-0.2, -0.15) is 0 Å². The fourth-order valence-electron chi connectivity index (χ4n) is 7.50. The number of amidine groups is 5. The van der Waals surface area contributed by atoms with Crippen LogP contribution in [0, 0.1) is 0 Å². The molecule has 0 aliphatic carbocycles. The normalized spacial score (nSPS) is 20.3. The molecule has 4 aliphatic heterocycles. The van der Waals surface area contributed by atoms with Crippen LogP contribution in [-0.2, 0) is 9.47 Å². The van der Waals surface area contributed by atoms with Crippen molar-refractivity contribution in [3.63, 3.8) is 0 Å². The Morgan fingerprint density at radius 1 is 0.782 bits per heavy atom. The van der Waals surface area contributed by atoms with Crippen LogP contribution in [-0.4, -0.2) is 113 Å². The Labute approximate surface area is 322 Å². The van der Waals surface area contributed by atoms with Crippen LogP contribution in [0.15, 0.2) is 128 Å². The number of aromatic nitrogens is 1. The van der Waals surface area contributed by atoms with E-state index in [0.29, 0.717) is 71.6 Å². The summed E-state index contributed by atoms with van der Waals surface area (Å²) in [6.45, 7) is 1.50. The first-order chi connectivity index (χ1) is 26.8. The summed E-state index contributed by atoms with van der Waals surface area (Å²) in [6, 6.07) is 32.6. The zero-order valence-corrected chi connectivity index (χ0v) is 33.6. The summed E-state index contributed by atoms with van der Waals surface area (Å²) in [5.41, 5.74) is 14.1. The van der Waals surface area contributed by atoms with Gasteiger partial charge in [-0.25, -0.2) is 25.0 Å². The van der Waals surface area contributed by atoms with Gasteiger partial charge in [0.2, 0.25) is 6.41 Å². The molecule has 0 fully saturated rings. The molecule has 0 unspecified atom stereocenters. The van der Waals surface area contributed by atoms with Crippen molar-refractivity contribution < 1.29 is 9.47 Å². The topological polar surface area (TPSA) is 121 Å². The third kappa shape index (κ3) is 6.01. The van der Waals surface area contributed by atoms with Crippen LogP contribution in [0.25, 0.3) is 16.5 Å². The molecular weight excluding hydrogens is 705 g/mol. The second-order valence-electron chi connectivity index (χ2n) is 14.3. The maximum atomic E-state index is 6.74. The minimum atomic E-state index is -0.848. The number of fused-ring (bicyclic) bond motifs is 9. The number of hydrogen-bond donors (Lipinski definition) is 1. The lowest BCUT2D eigenvalue weighted by atomic mass is 10.0. The van der Waals surface area contributed by atoms with Crippen molar-refractivity contribution in [2.24, 2.45) is 25.0 Å². The molecule has 2 N–H and O–H groups in total. The highest BCUT2D eigenvalue weighted by molar-refractivity contribution is 6.33. The Kier molecular flexibility index (Phi) is 8.85. The molecule has 5 aromatic rings. The summed E-state index contributed by atoms with van der Waals surface area (Å²) in [4.78, 5) is 32.4. The van der Waals surface area contributed by atoms with Crippen LogP contribution in [0.4, 0.5) is 11.6 Å². The first-order valence-electron chi connectivity index (χ1n) is 18.4. The Balaban J connectivity index is 1.24. The van der Waals surface area contributed by atoms with Crippen molar-refractivity contribution in [3.05, 3.63) is 136 Å². The fourth-order valence-corrected chi connectivity index (χ4v) is 8.08. The summed E-state index contributed by atoms with van der Waals surface area (Å²) in [5.74, 6) is 4.51. The van der Waals surface area contributed by atoms with Crippen molar-refractivity contribution >= 4 is 67.7 Å². The van der Waals surface area contributed by atoms with Crippen molar-refractivity contribution in [1.29, 1.82) is 0 Å². The highest BCUT2D eigenvalue weighted by atomic mass is 28.2. The van der Waals surface area contributed by atoms with Gasteiger partial charge < -0.3 is 29.2 Å². The molecule has 2 bridgehead atoms. The van der Waals surface area contributed by atoms with Gasteiger partial charge in [-0.15, -0.1) is 0 Å². The number of nitrogens with zero attached hydrogens (tertiary/aromatic N) is 9. The van der Waals surface area contributed by atoms with Gasteiger partial charge in [-0.3, -0.25) is 4.90 Å². The highest BCUT2D eigenvalue weighted by Crippen LogP contribution is 2.38. The lowest BCUT2D eigenvalue weighted by Gasteiger charge is -2.31. The summed E-state index contributed by atoms with van der Waals surface area (Å²) in [5, 5.41) is 1.97. The number of nitrogens with two attached hydrogens (primary N) is 1. The number of anilines is 1. The summed E-state index contributed by atoms with van der Waals surface area (Å²) in [6.07, 6.45) is -0.233. The van der Waals surface area contributed by atoms with E-state index in [1.165, 1.54) is 0 Å². The van der Waals surface area contributed by atoms with Crippen LogP contribution in [0.3, 0.4) is 0 Å². The van der Waals surface area contributed by atoms with Crippen LogP contribution < -0.4 is 5.73 Å². The maximum absolute atomic E-state index is 6.74. The Bertz CT molecular complexity index is 2560. The van der Waals surface area contributed by atoms with E-state index >= 15 is 0 Å². The molecule has 9 rings (SSSR count). The predicted octanol–water partition coefficient (Wildman–Crippen LogP) is 4.67. The molecule has 1 aromatic heterocycles. The number of nitrogen functional groups attached to an aromatic ring is 1. The zero-order valence-electron chi connectivity index (χ0n) is 31.6. The molecule has 0 amide bonds. The molecule has 4 aliphatic rings. The number of aliphatic imine (C=N–C) groups is 5. The first-order valence-corrected chi connectivity index (χ1v) is 19.3. The van der Waals surface area contributed by atoms with Gasteiger partial charge in [0.25, 0.3) is 0 Å². The van der Waals surface area contributed by atoms with Crippen molar-refractivity contribution in [2.75, 3.05) is 53.7 Å². The number of benzene rings is 4. The molecule has 0 saturated heterocycles. The van der Waals surface area contributed by atoms with Gasteiger partial charge in [-0.05, 0) is 14.1 Å². The van der Waals surface area contributed by atoms with E-state index < -0.39 is 6.41 Å². The van der Waals surface area contributed by atoms with E-state index in [1.807, 2.05) is 104 Å². The van der Waals surface area contributed by atoms with Crippen LogP contribution in [0.5, 0.6) is 0 Å². The molecule has 5 heterocycles. The maximum Gasteiger partial charge on any atom is 0.247 e. The van der Waals surface area contributed by atoms with Gasteiger partial charge in [0.15, 0.2) is 17.5 Å².